The van der Waals surface area contributed by atoms with Gasteiger partial charge in [0.25, 0.3) is 0 Å². The molecule has 1 rings (SSSR count). The molecular formula is C8H18ClN3O. The first-order valence-corrected chi connectivity index (χ1v) is 4.47. The summed E-state index contributed by atoms with van der Waals surface area (Å²) in [5, 5.41) is 6.12. The smallest absolute Gasteiger partial charge is 0.236 e. The van der Waals surface area contributed by atoms with Crippen LogP contribution in [-0.4, -0.2) is 31.1 Å². The van der Waals surface area contributed by atoms with Gasteiger partial charge in [-0.05, 0) is 26.3 Å². The second-order valence-electron chi connectivity index (χ2n) is 3.34. The summed E-state index contributed by atoms with van der Waals surface area (Å²) in [6.07, 6.45) is 2.19. The minimum atomic E-state index is -0.396. The number of nitrogens with two attached hydrogens (primary N) is 1. The van der Waals surface area contributed by atoms with Crippen molar-refractivity contribution < 1.29 is 4.79 Å². The van der Waals surface area contributed by atoms with Gasteiger partial charge in [0, 0.05) is 12.6 Å². The van der Waals surface area contributed by atoms with E-state index in [4.69, 9.17) is 5.73 Å². The summed E-state index contributed by atoms with van der Waals surface area (Å²) in [6, 6.07) is -0.121. The van der Waals surface area contributed by atoms with Crippen molar-refractivity contribution in [2.75, 3.05) is 13.1 Å². The van der Waals surface area contributed by atoms with Gasteiger partial charge in [0.15, 0.2) is 0 Å². The molecule has 1 aliphatic heterocycles. The molecule has 1 saturated heterocycles. The van der Waals surface area contributed by atoms with Crippen LogP contribution in [0.1, 0.15) is 19.8 Å². The highest BCUT2D eigenvalue weighted by Gasteiger charge is 2.16. The van der Waals surface area contributed by atoms with Crippen LogP contribution in [0, 0.1) is 0 Å². The maximum Gasteiger partial charge on any atom is 0.236 e. The molecule has 13 heavy (non-hydrogen) atoms. The van der Waals surface area contributed by atoms with Crippen LogP contribution in [0.4, 0.5) is 0 Å². The van der Waals surface area contributed by atoms with E-state index in [1.165, 1.54) is 0 Å². The monoisotopic (exact) mass is 207 g/mol. The van der Waals surface area contributed by atoms with Gasteiger partial charge in [-0.15, -0.1) is 12.4 Å². The van der Waals surface area contributed by atoms with E-state index in [-0.39, 0.29) is 24.4 Å². The molecule has 4 N–H and O–H groups in total. The first-order valence-electron chi connectivity index (χ1n) is 4.47. The van der Waals surface area contributed by atoms with E-state index < -0.39 is 6.04 Å². The van der Waals surface area contributed by atoms with E-state index >= 15 is 0 Å². The Kier molecular flexibility index (Phi) is 6.03. The van der Waals surface area contributed by atoms with Gasteiger partial charge in [0.05, 0.1) is 6.04 Å². The van der Waals surface area contributed by atoms with E-state index in [9.17, 15) is 4.79 Å². The normalized spacial score (nSPS) is 24.3. The summed E-state index contributed by atoms with van der Waals surface area (Å²) in [7, 11) is 0. The Labute approximate surface area is 85.0 Å². The maximum absolute atomic E-state index is 11.1. The van der Waals surface area contributed by atoms with Gasteiger partial charge in [0.1, 0.15) is 0 Å². The summed E-state index contributed by atoms with van der Waals surface area (Å²) in [5.41, 5.74) is 5.42. The molecule has 0 bridgehead atoms. The largest absolute Gasteiger partial charge is 0.351 e. The summed E-state index contributed by atoms with van der Waals surface area (Å²) in [5.74, 6) is -0.0521. The molecule has 0 aromatic carbocycles. The standard InChI is InChI=1S/C8H17N3O.ClH/c1-6(9)8(12)11-7-3-2-4-10-5-7;/h6-7,10H,2-5,9H2,1H3,(H,11,12);1H/t6-,7?;/m1./s1. The lowest BCUT2D eigenvalue weighted by atomic mass is 10.1. The Hall–Kier alpha value is -0.320. The van der Waals surface area contributed by atoms with Crippen LogP contribution in [0.3, 0.4) is 0 Å². The molecule has 4 nitrogen and oxygen atoms in total. The van der Waals surface area contributed by atoms with Gasteiger partial charge in [-0.1, -0.05) is 0 Å². The van der Waals surface area contributed by atoms with Crippen LogP contribution in [0.2, 0.25) is 0 Å². The summed E-state index contributed by atoms with van der Waals surface area (Å²) >= 11 is 0. The van der Waals surface area contributed by atoms with Gasteiger partial charge in [-0.25, -0.2) is 0 Å². The number of amides is 1. The van der Waals surface area contributed by atoms with Crippen molar-refractivity contribution >= 4 is 18.3 Å². The number of carbonyl (C=O) groups excluding carboxylic acids is 1. The van der Waals surface area contributed by atoms with Gasteiger partial charge < -0.3 is 16.4 Å². The van der Waals surface area contributed by atoms with Crippen LogP contribution >= 0.6 is 12.4 Å². The topological polar surface area (TPSA) is 67.2 Å². The van der Waals surface area contributed by atoms with Gasteiger partial charge in [-0.2, -0.15) is 0 Å². The van der Waals surface area contributed by atoms with Crippen LogP contribution in [0.15, 0.2) is 0 Å². The molecule has 5 heteroatoms. The highest BCUT2D eigenvalue weighted by Crippen LogP contribution is 2.00. The number of piperidine rings is 1. The van der Waals surface area contributed by atoms with E-state index in [2.05, 4.69) is 10.6 Å². The summed E-state index contributed by atoms with van der Waals surface area (Å²) in [6.45, 7) is 3.63. The third-order valence-corrected chi connectivity index (χ3v) is 2.06. The SMILES string of the molecule is C[C@@H](N)C(=O)NC1CCCNC1.Cl. The average molecular weight is 208 g/mol. The molecule has 1 aliphatic rings. The molecule has 2 atom stereocenters. The van der Waals surface area contributed by atoms with Crippen molar-refractivity contribution in [1.82, 2.24) is 10.6 Å². The zero-order valence-electron chi connectivity index (χ0n) is 7.88. The van der Waals surface area contributed by atoms with Crippen LogP contribution < -0.4 is 16.4 Å². The molecule has 0 aromatic rings. The van der Waals surface area contributed by atoms with Gasteiger partial charge in [-0.3, -0.25) is 4.79 Å². The molecule has 1 amide bonds. The fraction of sp³-hybridized carbons (Fsp3) is 0.875. The predicted molar refractivity (Wildman–Crippen MR) is 54.9 cm³/mol. The molecule has 0 aliphatic carbocycles. The van der Waals surface area contributed by atoms with E-state index in [0.717, 1.165) is 25.9 Å². The zero-order valence-corrected chi connectivity index (χ0v) is 8.69. The number of halogens is 1. The fourth-order valence-corrected chi connectivity index (χ4v) is 1.31. The minimum Gasteiger partial charge on any atom is -0.351 e. The molecule has 78 valence electrons. The van der Waals surface area contributed by atoms with Crippen molar-refractivity contribution in [3.63, 3.8) is 0 Å². The molecule has 1 heterocycles. The Morgan fingerprint density at radius 2 is 2.38 bits per heavy atom. The van der Waals surface area contributed by atoms with E-state index in [0.29, 0.717) is 0 Å². The Morgan fingerprint density at radius 3 is 2.85 bits per heavy atom. The minimum absolute atomic E-state index is 0. The third kappa shape index (κ3) is 4.45. The maximum atomic E-state index is 11.1. The second-order valence-corrected chi connectivity index (χ2v) is 3.34. The molecule has 1 unspecified atom stereocenters. The van der Waals surface area contributed by atoms with Crippen LogP contribution in [0.25, 0.3) is 0 Å². The lowest BCUT2D eigenvalue weighted by molar-refractivity contribution is -0.122. The molecule has 0 saturated carbocycles. The quantitative estimate of drug-likeness (QED) is 0.579. The van der Waals surface area contributed by atoms with Crippen molar-refractivity contribution in [3.8, 4) is 0 Å². The van der Waals surface area contributed by atoms with Gasteiger partial charge in [0.2, 0.25) is 5.91 Å². The lowest BCUT2D eigenvalue weighted by Gasteiger charge is -2.24. The van der Waals surface area contributed by atoms with Crippen molar-refractivity contribution in [3.05, 3.63) is 0 Å². The van der Waals surface area contributed by atoms with E-state index in [1.54, 1.807) is 6.92 Å². The van der Waals surface area contributed by atoms with Crippen molar-refractivity contribution in [2.24, 2.45) is 5.73 Å². The number of carbonyl (C=O) groups is 1. The highest BCUT2D eigenvalue weighted by atomic mass is 35.5. The predicted octanol–water partition coefficient (Wildman–Crippen LogP) is -0.376. The number of hydrogen-bond donors (Lipinski definition) is 3. The number of nitrogens with one attached hydrogen (secondary N) is 2. The molecule has 1 fully saturated rings. The highest BCUT2D eigenvalue weighted by molar-refractivity contribution is 5.85. The van der Waals surface area contributed by atoms with Crippen LogP contribution in [-0.2, 0) is 4.79 Å². The number of hydrogen-bond acceptors (Lipinski definition) is 3. The summed E-state index contributed by atoms with van der Waals surface area (Å²) in [4.78, 5) is 11.1. The molecule has 0 spiro atoms. The molecular weight excluding hydrogens is 190 g/mol. The fourth-order valence-electron chi connectivity index (χ4n) is 1.31. The van der Waals surface area contributed by atoms with Gasteiger partial charge >= 0.3 is 0 Å². The zero-order chi connectivity index (χ0) is 8.97. The Bertz CT molecular complexity index is 157. The average Bonchev–Trinajstić information content (AvgIpc) is 2.06. The third-order valence-electron chi connectivity index (χ3n) is 2.06. The molecule has 0 radical (unpaired) electrons. The summed E-state index contributed by atoms with van der Waals surface area (Å²) < 4.78 is 0. The Balaban J connectivity index is 0.00000144. The van der Waals surface area contributed by atoms with E-state index in [1.807, 2.05) is 0 Å². The first-order chi connectivity index (χ1) is 5.70. The van der Waals surface area contributed by atoms with Crippen molar-refractivity contribution in [2.45, 2.75) is 31.8 Å². The first kappa shape index (κ1) is 12.7. The second kappa shape index (κ2) is 6.18. The molecule has 0 aromatic heterocycles. The van der Waals surface area contributed by atoms with Crippen molar-refractivity contribution in [1.29, 1.82) is 0 Å². The Morgan fingerprint density at radius 1 is 1.69 bits per heavy atom. The van der Waals surface area contributed by atoms with Crippen LogP contribution in [0.5, 0.6) is 0 Å². The lowest BCUT2D eigenvalue weighted by Crippen LogP contribution is -2.49. The number of rotatable bonds is 2.